The molecule has 1 aliphatic rings. The number of benzene rings is 1. The van der Waals surface area contributed by atoms with Crippen molar-refractivity contribution in [1.29, 1.82) is 0 Å². The van der Waals surface area contributed by atoms with E-state index in [4.69, 9.17) is 4.74 Å². The van der Waals surface area contributed by atoms with E-state index in [0.29, 0.717) is 24.9 Å². The lowest BCUT2D eigenvalue weighted by Gasteiger charge is -2.22. The molecule has 1 aromatic carbocycles. The molecule has 2 heterocycles. The fourth-order valence-corrected chi connectivity index (χ4v) is 3.02. The summed E-state index contributed by atoms with van der Waals surface area (Å²) in [7, 11) is 0. The smallest absolute Gasteiger partial charge is 0.245 e. The monoisotopic (exact) mass is 317 g/mol. The number of morpholine rings is 1. The van der Waals surface area contributed by atoms with Crippen molar-refractivity contribution in [3.05, 3.63) is 35.2 Å². The van der Waals surface area contributed by atoms with Crippen LogP contribution in [-0.4, -0.2) is 36.7 Å². The minimum atomic E-state index is -0.301. The first kappa shape index (κ1) is 15.1. The molecule has 0 saturated carbocycles. The third kappa shape index (κ3) is 3.52. The van der Waals surface area contributed by atoms with Crippen LogP contribution in [0.3, 0.4) is 0 Å². The molecule has 2 aromatic rings. The van der Waals surface area contributed by atoms with Crippen molar-refractivity contribution >= 4 is 22.4 Å². The Morgan fingerprint density at radius 2 is 2.27 bits per heavy atom. The zero-order chi connectivity index (χ0) is 15.4. The maximum atomic E-state index is 12.1. The summed E-state index contributed by atoms with van der Waals surface area (Å²) in [6.45, 7) is 3.89. The maximum Gasteiger partial charge on any atom is 0.245 e. The third-order valence-corrected chi connectivity index (χ3v) is 4.39. The first-order chi connectivity index (χ1) is 10.8. The minimum Gasteiger partial charge on any atom is -0.378 e. The molecule has 22 heavy (non-hydrogen) atoms. The van der Waals surface area contributed by atoms with Gasteiger partial charge in [-0.2, -0.15) is 0 Å². The molecule has 5 nitrogen and oxygen atoms in total. The molecular weight excluding hydrogens is 298 g/mol. The predicted molar refractivity (Wildman–Crippen MR) is 88.2 cm³/mol. The number of ether oxygens (including phenoxy) is 1. The van der Waals surface area contributed by atoms with E-state index >= 15 is 0 Å². The lowest BCUT2D eigenvalue weighted by Crippen LogP contribution is -2.48. The van der Waals surface area contributed by atoms with E-state index in [9.17, 15) is 4.79 Å². The molecule has 1 unspecified atom stereocenters. The molecule has 0 aliphatic carbocycles. The SMILES string of the molecule is CCc1ccc(-c2csc(NC(=O)C3COCCN3)n2)cc1. The average Bonchev–Trinajstić information content (AvgIpc) is 3.04. The number of nitrogens with one attached hydrogen (secondary N) is 2. The largest absolute Gasteiger partial charge is 0.378 e. The van der Waals surface area contributed by atoms with Gasteiger partial charge in [0.1, 0.15) is 6.04 Å². The van der Waals surface area contributed by atoms with Gasteiger partial charge in [-0.1, -0.05) is 31.2 Å². The Balaban J connectivity index is 1.66. The number of anilines is 1. The second-order valence-corrected chi connectivity index (χ2v) is 6.02. The van der Waals surface area contributed by atoms with Gasteiger partial charge in [0.2, 0.25) is 5.91 Å². The Bertz CT molecular complexity index is 633. The number of nitrogens with zero attached hydrogens (tertiary/aromatic N) is 1. The molecule has 0 spiro atoms. The van der Waals surface area contributed by atoms with Gasteiger partial charge in [0.15, 0.2) is 5.13 Å². The van der Waals surface area contributed by atoms with Crippen LogP contribution in [0.2, 0.25) is 0 Å². The van der Waals surface area contributed by atoms with Crippen molar-refractivity contribution in [2.24, 2.45) is 0 Å². The van der Waals surface area contributed by atoms with E-state index in [1.165, 1.54) is 16.9 Å². The summed E-state index contributed by atoms with van der Waals surface area (Å²) >= 11 is 1.44. The second kappa shape index (κ2) is 7.00. The molecule has 3 rings (SSSR count). The van der Waals surface area contributed by atoms with Gasteiger partial charge in [-0.3, -0.25) is 4.79 Å². The normalized spacial score (nSPS) is 18.1. The molecule has 1 saturated heterocycles. The van der Waals surface area contributed by atoms with Crippen LogP contribution in [0, 0.1) is 0 Å². The summed E-state index contributed by atoms with van der Waals surface area (Å²) in [5.41, 5.74) is 3.25. The Kier molecular flexibility index (Phi) is 4.82. The molecule has 1 aromatic heterocycles. The van der Waals surface area contributed by atoms with E-state index in [-0.39, 0.29) is 11.9 Å². The van der Waals surface area contributed by atoms with Crippen LogP contribution in [0.15, 0.2) is 29.6 Å². The Morgan fingerprint density at radius 3 is 2.95 bits per heavy atom. The minimum absolute atomic E-state index is 0.0954. The highest BCUT2D eigenvalue weighted by Crippen LogP contribution is 2.25. The van der Waals surface area contributed by atoms with Crippen LogP contribution >= 0.6 is 11.3 Å². The van der Waals surface area contributed by atoms with Crippen LogP contribution in [-0.2, 0) is 16.0 Å². The molecule has 0 bridgehead atoms. The van der Waals surface area contributed by atoms with Gasteiger partial charge >= 0.3 is 0 Å². The van der Waals surface area contributed by atoms with E-state index in [1.807, 2.05) is 5.38 Å². The van der Waals surface area contributed by atoms with Crippen molar-refractivity contribution in [3.63, 3.8) is 0 Å². The summed E-state index contributed by atoms with van der Waals surface area (Å²) in [5.74, 6) is -0.0954. The first-order valence-corrected chi connectivity index (χ1v) is 8.31. The van der Waals surface area contributed by atoms with Crippen LogP contribution in [0.4, 0.5) is 5.13 Å². The van der Waals surface area contributed by atoms with E-state index in [1.54, 1.807) is 0 Å². The molecule has 0 radical (unpaired) electrons. The number of aromatic nitrogens is 1. The zero-order valence-electron chi connectivity index (χ0n) is 12.5. The highest BCUT2D eigenvalue weighted by molar-refractivity contribution is 7.14. The first-order valence-electron chi connectivity index (χ1n) is 7.43. The van der Waals surface area contributed by atoms with Gasteiger partial charge in [0.25, 0.3) is 0 Å². The number of hydrogen-bond acceptors (Lipinski definition) is 5. The number of carbonyl (C=O) groups excluding carboxylic acids is 1. The maximum absolute atomic E-state index is 12.1. The summed E-state index contributed by atoms with van der Waals surface area (Å²) in [6.07, 6.45) is 1.02. The molecule has 1 amide bonds. The highest BCUT2D eigenvalue weighted by Gasteiger charge is 2.22. The van der Waals surface area contributed by atoms with Gasteiger partial charge in [0, 0.05) is 17.5 Å². The Labute approximate surface area is 133 Å². The fourth-order valence-electron chi connectivity index (χ4n) is 2.30. The molecule has 2 N–H and O–H groups in total. The summed E-state index contributed by atoms with van der Waals surface area (Å²) in [6, 6.07) is 8.04. The summed E-state index contributed by atoms with van der Waals surface area (Å²) in [4.78, 5) is 16.6. The zero-order valence-corrected chi connectivity index (χ0v) is 13.3. The molecule has 1 fully saturated rings. The van der Waals surface area contributed by atoms with E-state index in [2.05, 4.69) is 46.8 Å². The van der Waals surface area contributed by atoms with Crippen LogP contribution in [0.25, 0.3) is 11.3 Å². The number of rotatable bonds is 4. The van der Waals surface area contributed by atoms with Crippen molar-refractivity contribution in [1.82, 2.24) is 10.3 Å². The Hall–Kier alpha value is -1.76. The molecule has 1 atom stereocenters. The molecule has 116 valence electrons. The summed E-state index contributed by atoms with van der Waals surface area (Å²) < 4.78 is 5.30. The molecular formula is C16H19N3O2S. The van der Waals surface area contributed by atoms with E-state index in [0.717, 1.165) is 17.7 Å². The average molecular weight is 317 g/mol. The molecule has 1 aliphatic heterocycles. The predicted octanol–water partition coefficient (Wildman–Crippen LogP) is 2.30. The van der Waals surface area contributed by atoms with Gasteiger partial charge in [-0.05, 0) is 12.0 Å². The van der Waals surface area contributed by atoms with Gasteiger partial charge in [0.05, 0.1) is 18.9 Å². The Morgan fingerprint density at radius 1 is 1.45 bits per heavy atom. The van der Waals surface area contributed by atoms with Gasteiger partial charge in [-0.15, -0.1) is 11.3 Å². The summed E-state index contributed by atoms with van der Waals surface area (Å²) in [5, 5.41) is 8.56. The number of hydrogen-bond donors (Lipinski definition) is 2. The van der Waals surface area contributed by atoms with Crippen LogP contribution in [0.5, 0.6) is 0 Å². The van der Waals surface area contributed by atoms with Gasteiger partial charge in [-0.25, -0.2) is 4.98 Å². The van der Waals surface area contributed by atoms with Gasteiger partial charge < -0.3 is 15.4 Å². The standard InChI is InChI=1S/C16H19N3O2S/c1-2-11-3-5-12(6-4-11)14-10-22-16(18-14)19-15(20)13-9-21-8-7-17-13/h3-6,10,13,17H,2,7-9H2,1H3,(H,18,19,20). The van der Waals surface area contributed by atoms with Crippen molar-refractivity contribution in [2.45, 2.75) is 19.4 Å². The van der Waals surface area contributed by atoms with E-state index < -0.39 is 0 Å². The lowest BCUT2D eigenvalue weighted by molar-refractivity contribution is -0.120. The van der Waals surface area contributed by atoms with Crippen molar-refractivity contribution in [2.75, 3.05) is 25.1 Å². The van der Waals surface area contributed by atoms with Crippen molar-refractivity contribution < 1.29 is 9.53 Å². The van der Waals surface area contributed by atoms with Crippen molar-refractivity contribution in [3.8, 4) is 11.3 Å². The number of aryl methyl sites for hydroxylation is 1. The topological polar surface area (TPSA) is 63.2 Å². The van der Waals surface area contributed by atoms with Crippen LogP contribution in [0.1, 0.15) is 12.5 Å². The highest BCUT2D eigenvalue weighted by atomic mass is 32.1. The quantitative estimate of drug-likeness (QED) is 0.908. The molecule has 6 heteroatoms. The number of carbonyl (C=O) groups is 1. The fraction of sp³-hybridized carbons (Fsp3) is 0.375. The third-order valence-electron chi connectivity index (χ3n) is 3.63. The number of amides is 1. The lowest BCUT2D eigenvalue weighted by atomic mass is 10.1. The van der Waals surface area contributed by atoms with Crippen LogP contribution < -0.4 is 10.6 Å². The second-order valence-electron chi connectivity index (χ2n) is 5.16. The number of thiazole rings is 1.